The van der Waals surface area contributed by atoms with Crippen LogP contribution in [0.4, 0.5) is 0 Å². The van der Waals surface area contributed by atoms with E-state index in [0.717, 1.165) is 0 Å². The number of nitrogens with zero attached hydrogens (tertiary/aromatic N) is 3. The van der Waals surface area contributed by atoms with Crippen LogP contribution in [-0.2, 0) is 24.3 Å². The molecule has 0 aromatic carbocycles. The summed E-state index contributed by atoms with van der Waals surface area (Å²) in [7, 11) is -0.359. The van der Waals surface area contributed by atoms with Crippen molar-refractivity contribution < 1.29 is 27.3 Å². The molecule has 1 N–H and O–H groups in total. The number of ether oxygens (including phenoxy) is 1. The maximum atomic E-state index is 12.9. The molecule has 0 spiro atoms. The van der Waals surface area contributed by atoms with E-state index >= 15 is 0 Å². The lowest BCUT2D eigenvalue weighted by atomic mass is 10.2. The lowest BCUT2D eigenvalue weighted by Gasteiger charge is -2.28. The van der Waals surface area contributed by atoms with Crippen LogP contribution in [0.25, 0.3) is 0 Å². The molecule has 166 valence electrons. The third-order valence-electron chi connectivity index (χ3n) is 3.81. The van der Waals surface area contributed by atoms with Gasteiger partial charge in [-0.05, 0) is 55.6 Å². The molecule has 0 radical (unpaired) electrons. The largest absolute Gasteiger partial charge is 0.459 e. The van der Waals surface area contributed by atoms with Gasteiger partial charge in [0.15, 0.2) is 5.76 Å². The maximum absolute atomic E-state index is 12.9. The highest BCUT2D eigenvalue weighted by molar-refractivity contribution is 7.89. The number of carbonyl (C=O) groups is 2. The molecule has 1 amide bonds. The molecule has 1 aromatic rings. The standard InChI is InChI=1S/C18H32N4O6S/c1-12-16(14(3)28-19-12)29(25,26)20-13(2)17(24)22(10-9-21(7)8)11-15(23)27-18(4,5)6/h13,20H,9-11H2,1-8H3/t13-/m0/s1. The van der Waals surface area contributed by atoms with E-state index < -0.39 is 33.5 Å². The van der Waals surface area contributed by atoms with Crippen LogP contribution in [0.2, 0.25) is 0 Å². The number of hydrogen-bond donors (Lipinski definition) is 1. The van der Waals surface area contributed by atoms with E-state index in [0.29, 0.717) is 6.54 Å². The van der Waals surface area contributed by atoms with Crippen molar-refractivity contribution in [1.82, 2.24) is 19.7 Å². The highest BCUT2D eigenvalue weighted by Crippen LogP contribution is 2.19. The third kappa shape index (κ3) is 7.75. The van der Waals surface area contributed by atoms with Crippen LogP contribution in [0.1, 0.15) is 39.1 Å². The molecular weight excluding hydrogens is 400 g/mol. The average Bonchev–Trinajstić information content (AvgIpc) is 2.87. The molecule has 0 saturated heterocycles. The number of sulfonamides is 1. The summed E-state index contributed by atoms with van der Waals surface area (Å²) in [5.74, 6) is -0.966. The van der Waals surface area contributed by atoms with Gasteiger partial charge in [0.2, 0.25) is 15.9 Å². The van der Waals surface area contributed by atoms with Gasteiger partial charge in [0, 0.05) is 13.1 Å². The van der Waals surface area contributed by atoms with Crippen molar-refractivity contribution in [3.63, 3.8) is 0 Å². The zero-order chi connectivity index (χ0) is 22.6. The van der Waals surface area contributed by atoms with Crippen molar-refractivity contribution in [2.45, 2.75) is 58.1 Å². The first-order chi connectivity index (χ1) is 13.1. The zero-order valence-electron chi connectivity index (χ0n) is 18.4. The van der Waals surface area contributed by atoms with Gasteiger partial charge in [0.05, 0.1) is 6.04 Å². The fourth-order valence-corrected chi connectivity index (χ4v) is 4.12. The normalized spacial score (nSPS) is 13.4. The van der Waals surface area contributed by atoms with Crippen molar-refractivity contribution in [3.05, 3.63) is 11.5 Å². The summed E-state index contributed by atoms with van der Waals surface area (Å²) < 4.78 is 37.9. The Labute approximate surface area is 172 Å². The van der Waals surface area contributed by atoms with Crippen LogP contribution in [-0.4, -0.2) is 80.6 Å². The predicted molar refractivity (Wildman–Crippen MR) is 107 cm³/mol. The number of aromatic nitrogens is 1. The van der Waals surface area contributed by atoms with Crippen LogP contribution >= 0.6 is 0 Å². The SMILES string of the molecule is Cc1noc(C)c1S(=O)(=O)N[C@@H](C)C(=O)N(CCN(C)C)CC(=O)OC(C)(C)C. The molecule has 29 heavy (non-hydrogen) atoms. The predicted octanol–water partition coefficient (Wildman–Crippen LogP) is 0.690. The van der Waals surface area contributed by atoms with Gasteiger partial charge < -0.3 is 19.1 Å². The molecule has 11 heteroatoms. The first-order valence-corrected chi connectivity index (χ1v) is 10.7. The Hall–Kier alpha value is -1.98. The Morgan fingerprint density at radius 3 is 2.24 bits per heavy atom. The minimum atomic E-state index is -4.02. The van der Waals surface area contributed by atoms with Gasteiger partial charge in [-0.25, -0.2) is 8.42 Å². The van der Waals surface area contributed by atoms with Gasteiger partial charge in [-0.3, -0.25) is 9.59 Å². The molecule has 0 aliphatic carbocycles. The summed E-state index contributed by atoms with van der Waals surface area (Å²) >= 11 is 0. The molecule has 10 nitrogen and oxygen atoms in total. The van der Waals surface area contributed by atoms with Crippen molar-refractivity contribution in [1.29, 1.82) is 0 Å². The number of carbonyl (C=O) groups excluding carboxylic acids is 2. The van der Waals surface area contributed by atoms with Crippen molar-refractivity contribution in [2.75, 3.05) is 33.7 Å². The van der Waals surface area contributed by atoms with Crippen molar-refractivity contribution in [2.24, 2.45) is 0 Å². The van der Waals surface area contributed by atoms with E-state index in [1.807, 2.05) is 19.0 Å². The van der Waals surface area contributed by atoms with Gasteiger partial charge in [-0.15, -0.1) is 0 Å². The quantitative estimate of drug-likeness (QED) is 0.566. The first kappa shape index (κ1) is 25.1. The molecule has 1 heterocycles. The summed E-state index contributed by atoms with van der Waals surface area (Å²) in [5.41, 5.74) is -0.489. The van der Waals surface area contributed by atoms with Crippen LogP contribution in [0.5, 0.6) is 0 Å². The molecule has 0 aliphatic heterocycles. The highest BCUT2D eigenvalue weighted by atomic mass is 32.2. The fraction of sp³-hybridized carbons (Fsp3) is 0.722. The van der Waals surface area contributed by atoms with Gasteiger partial charge in [0.1, 0.15) is 22.7 Å². The highest BCUT2D eigenvalue weighted by Gasteiger charge is 2.31. The second-order valence-electron chi connectivity index (χ2n) is 8.15. The minimum Gasteiger partial charge on any atom is -0.459 e. The van der Waals surface area contributed by atoms with Gasteiger partial charge in [-0.1, -0.05) is 5.16 Å². The van der Waals surface area contributed by atoms with Crippen LogP contribution in [0.3, 0.4) is 0 Å². The molecule has 0 unspecified atom stereocenters. The Morgan fingerprint density at radius 2 is 1.79 bits per heavy atom. The first-order valence-electron chi connectivity index (χ1n) is 9.24. The Balaban J connectivity index is 2.97. The van der Waals surface area contributed by atoms with Gasteiger partial charge in [0.25, 0.3) is 0 Å². The number of likely N-dealkylation sites (N-methyl/N-ethyl adjacent to an activating group) is 1. The number of nitrogens with one attached hydrogen (secondary N) is 1. The number of esters is 1. The lowest BCUT2D eigenvalue weighted by molar-refractivity contribution is -0.159. The van der Waals surface area contributed by atoms with E-state index in [-0.39, 0.29) is 29.4 Å². The van der Waals surface area contributed by atoms with E-state index in [1.54, 1.807) is 20.8 Å². The van der Waals surface area contributed by atoms with E-state index in [1.165, 1.54) is 25.7 Å². The average molecular weight is 433 g/mol. The summed E-state index contributed by atoms with van der Waals surface area (Å²) in [6, 6.07) is -1.10. The summed E-state index contributed by atoms with van der Waals surface area (Å²) in [6.45, 7) is 10.1. The molecule has 0 fully saturated rings. The summed E-state index contributed by atoms with van der Waals surface area (Å²) in [4.78, 5) is 28.2. The van der Waals surface area contributed by atoms with E-state index in [4.69, 9.17) is 9.26 Å². The Bertz CT molecular complexity index is 806. The van der Waals surface area contributed by atoms with Crippen LogP contribution < -0.4 is 4.72 Å². The second kappa shape index (κ2) is 9.68. The van der Waals surface area contributed by atoms with Crippen molar-refractivity contribution in [3.8, 4) is 0 Å². The third-order valence-corrected chi connectivity index (χ3v) is 5.59. The smallest absolute Gasteiger partial charge is 0.326 e. The van der Waals surface area contributed by atoms with Crippen LogP contribution in [0.15, 0.2) is 9.42 Å². The molecule has 1 atom stereocenters. The molecule has 1 rings (SSSR count). The summed E-state index contributed by atoms with van der Waals surface area (Å²) in [6.07, 6.45) is 0. The Kier molecular flexibility index (Phi) is 8.36. The Morgan fingerprint density at radius 1 is 1.21 bits per heavy atom. The number of aryl methyl sites for hydroxylation is 2. The topological polar surface area (TPSA) is 122 Å². The molecular formula is C18H32N4O6S. The summed E-state index contributed by atoms with van der Waals surface area (Å²) in [5, 5.41) is 3.64. The van der Waals surface area contributed by atoms with Crippen molar-refractivity contribution >= 4 is 21.9 Å². The molecule has 0 bridgehead atoms. The van der Waals surface area contributed by atoms with Crippen LogP contribution in [0, 0.1) is 13.8 Å². The minimum absolute atomic E-state index is 0.0934. The van der Waals surface area contributed by atoms with Gasteiger partial charge >= 0.3 is 5.97 Å². The molecule has 0 aliphatic rings. The molecule has 0 saturated carbocycles. The maximum Gasteiger partial charge on any atom is 0.326 e. The number of rotatable bonds is 9. The fourth-order valence-electron chi connectivity index (χ4n) is 2.59. The number of hydrogen-bond acceptors (Lipinski definition) is 8. The monoisotopic (exact) mass is 432 g/mol. The van der Waals surface area contributed by atoms with E-state index in [9.17, 15) is 18.0 Å². The molecule has 1 aromatic heterocycles. The number of amides is 1. The van der Waals surface area contributed by atoms with E-state index in [2.05, 4.69) is 9.88 Å². The van der Waals surface area contributed by atoms with Gasteiger partial charge in [-0.2, -0.15) is 4.72 Å². The second-order valence-corrected chi connectivity index (χ2v) is 9.80. The zero-order valence-corrected chi connectivity index (χ0v) is 19.2. The lowest BCUT2D eigenvalue weighted by Crippen LogP contribution is -2.50.